The first-order valence-corrected chi connectivity index (χ1v) is 7.29. The van der Waals surface area contributed by atoms with E-state index in [1.165, 1.54) is 37.2 Å². The summed E-state index contributed by atoms with van der Waals surface area (Å²) >= 11 is 1.23. The van der Waals surface area contributed by atoms with Crippen LogP contribution in [-0.2, 0) is 0 Å². The van der Waals surface area contributed by atoms with Crippen LogP contribution in [0.4, 0.5) is 5.00 Å². The van der Waals surface area contributed by atoms with Crippen LogP contribution in [-0.4, -0.2) is 21.5 Å². The van der Waals surface area contributed by atoms with Crippen molar-refractivity contribution in [1.29, 1.82) is 0 Å². The minimum atomic E-state index is -0.901. The maximum atomic E-state index is 11.1. The molecule has 0 saturated carbocycles. The monoisotopic (exact) mass is 270 g/mol. The Morgan fingerprint density at radius 1 is 1.44 bits per heavy atom. The van der Waals surface area contributed by atoms with Crippen molar-refractivity contribution >= 4 is 22.5 Å². The molecular weight excluding hydrogens is 248 g/mol. The lowest BCUT2D eigenvalue weighted by atomic mass is 10.1. The Bertz CT molecular complexity index is 390. The number of nitrogens with zero attached hydrogens (tertiary/aromatic N) is 1. The van der Waals surface area contributed by atoms with Gasteiger partial charge in [0.2, 0.25) is 0 Å². The van der Waals surface area contributed by atoms with E-state index in [2.05, 4.69) is 23.5 Å². The predicted molar refractivity (Wildman–Crippen MR) is 75.7 cm³/mol. The van der Waals surface area contributed by atoms with Gasteiger partial charge < -0.3 is 10.4 Å². The summed E-state index contributed by atoms with van der Waals surface area (Å²) in [5.74, 6) is -0.901. The van der Waals surface area contributed by atoms with Crippen LogP contribution in [0.15, 0.2) is 0 Å². The second-order valence-corrected chi connectivity index (χ2v) is 5.45. The summed E-state index contributed by atoms with van der Waals surface area (Å²) in [6.07, 6.45) is 6.00. The van der Waals surface area contributed by atoms with Crippen molar-refractivity contribution in [2.45, 2.75) is 58.9 Å². The number of hydrogen-bond donors (Lipinski definition) is 2. The Hall–Kier alpha value is -1.10. The molecule has 0 aliphatic carbocycles. The third kappa shape index (κ3) is 4.29. The first kappa shape index (κ1) is 15.0. The number of aromatic nitrogens is 1. The van der Waals surface area contributed by atoms with Gasteiger partial charge in [-0.25, -0.2) is 4.79 Å². The fourth-order valence-corrected chi connectivity index (χ4v) is 2.79. The second-order valence-electron chi connectivity index (χ2n) is 4.67. The smallest absolute Gasteiger partial charge is 0.340 e. The Kier molecular flexibility index (Phi) is 6.12. The third-order valence-electron chi connectivity index (χ3n) is 2.94. The number of carboxylic acid groups (broad SMARTS) is 1. The molecule has 1 atom stereocenters. The van der Waals surface area contributed by atoms with Gasteiger partial charge in [0.25, 0.3) is 0 Å². The number of anilines is 1. The molecule has 0 amide bonds. The largest absolute Gasteiger partial charge is 0.478 e. The summed E-state index contributed by atoms with van der Waals surface area (Å²) in [6.45, 7) is 6.02. The SMILES string of the molecule is CCCCCCC(C)Nc1snc(C)c1C(=O)O. The van der Waals surface area contributed by atoms with E-state index in [1.54, 1.807) is 6.92 Å². The number of aromatic carboxylic acids is 1. The molecule has 1 unspecified atom stereocenters. The summed E-state index contributed by atoms with van der Waals surface area (Å²) in [7, 11) is 0. The van der Waals surface area contributed by atoms with Gasteiger partial charge in [-0.1, -0.05) is 32.6 Å². The summed E-state index contributed by atoms with van der Waals surface area (Å²) in [4.78, 5) is 11.1. The van der Waals surface area contributed by atoms with Crippen molar-refractivity contribution in [1.82, 2.24) is 4.37 Å². The molecule has 0 spiro atoms. The van der Waals surface area contributed by atoms with Crippen LogP contribution in [0.1, 0.15) is 62.0 Å². The van der Waals surface area contributed by atoms with Crippen LogP contribution in [0.2, 0.25) is 0 Å². The van der Waals surface area contributed by atoms with Crippen molar-refractivity contribution in [3.05, 3.63) is 11.3 Å². The van der Waals surface area contributed by atoms with E-state index in [0.29, 0.717) is 22.3 Å². The van der Waals surface area contributed by atoms with Gasteiger partial charge in [0.1, 0.15) is 10.6 Å². The van der Waals surface area contributed by atoms with Gasteiger partial charge >= 0.3 is 5.97 Å². The van der Waals surface area contributed by atoms with E-state index >= 15 is 0 Å². The van der Waals surface area contributed by atoms with Gasteiger partial charge in [0, 0.05) is 6.04 Å². The van der Waals surface area contributed by atoms with Gasteiger partial charge in [-0.3, -0.25) is 0 Å². The van der Waals surface area contributed by atoms with E-state index in [1.807, 2.05) is 0 Å². The molecule has 0 bridgehead atoms. The van der Waals surface area contributed by atoms with Crippen LogP contribution in [0.5, 0.6) is 0 Å². The lowest BCUT2D eigenvalue weighted by Gasteiger charge is -2.13. The molecule has 0 fully saturated rings. The zero-order chi connectivity index (χ0) is 13.5. The Balaban J connectivity index is 2.49. The number of rotatable bonds is 8. The summed E-state index contributed by atoms with van der Waals surface area (Å²) in [5.41, 5.74) is 0.911. The predicted octanol–water partition coefficient (Wildman–Crippen LogP) is 3.92. The Morgan fingerprint density at radius 2 is 2.17 bits per heavy atom. The first-order chi connectivity index (χ1) is 8.56. The lowest BCUT2D eigenvalue weighted by molar-refractivity contribution is 0.0697. The normalized spacial score (nSPS) is 12.4. The van der Waals surface area contributed by atoms with Crippen LogP contribution in [0.25, 0.3) is 0 Å². The molecule has 1 rings (SSSR count). The maximum Gasteiger partial charge on any atom is 0.340 e. The van der Waals surface area contributed by atoms with Gasteiger partial charge in [-0.05, 0) is 31.8 Å². The van der Waals surface area contributed by atoms with Crippen molar-refractivity contribution in [3.8, 4) is 0 Å². The summed E-state index contributed by atoms with van der Waals surface area (Å²) < 4.78 is 4.10. The molecule has 4 nitrogen and oxygen atoms in total. The molecule has 0 aromatic carbocycles. The highest BCUT2D eigenvalue weighted by Gasteiger charge is 2.18. The van der Waals surface area contributed by atoms with Gasteiger partial charge in [0.05, 0.1) is 5.69 Å². The van der Waals surface area contributed by atoms with Gasteiger partial charge in [-0.15, -0.1) is 0 Å². The van der Waals surface area contributed by atoms with E-state index in [-0.39, 0.29) is 0 Å². The fourth-order valence-electron chi connectivity index (χ4n) is 1.89. The molecule has 0 aliphatic heterocycles. The van der Waals surface area contributed by atoms with Crippen molar-refractivity contribution in [3.63, 3.8) is 0 Å². The van der Waals surface area contributed by atoms with E-state index < -0.39 is 5.97 Å². The van der Waals surface area contributed by atoms with E-state index in [9.17, 15) is 4.79 Å². The summed E-state index contributed by atoms with van der Waals surface area (Å²) in [5, 5.41) is 13.1. The summed E-state index contributed by atoms with van der Waals surface area (Å²) in [6, 6.07) is 0.291. The molecule has 1 heterocycles. The van der Waals surface area contributed by atoms with Gasteiger partial charge in [0.15, 0.2) is 0 Å². The number of aryl methyl sites for hydroxylation is 1. The van der Waals surface area contributed by atoms with Crippen molar-refractivity contribution in [2.24, 2.45) is 0 Å². The molecular formula is C13H22N2O2S. The topological polar surface area (TPSA) is 62.2 Å². The van der Waals surface area contributed by atoms with E-state index in [4.69, 9.17) is 5.11 Å². The number of nitrogens with one attached hydrogen (secondary N) is 1. The van der Waals surface area contributed by atoms with Crippen molar-refractivity contribution < 1.29 is 9.90 Å². The average Bonchev–Trinajstić information content (AvgIpc) is 2.66. The van der Waals surface area contributed by atoms with Crippen molar-refractivity contribution in [2.75, 3.05) is 5.32 Å². The highest BCUT2D eigenvalue weighted by molar-refractivity contribution is 7.10. The fraction of sp³-hybridized carbons (Fsp3) is 0.692. The molecule has 102 valence electrons. The molecule has 2 N–H and O–H groups in total. The number of carbonyl (C=O) groups is 1. The standard InChI is InChI=1S/C13H22N2O2S/c1-4-5-6-7-8-9(2)14-12-11(13(16)17)10(3)15-18-12/h9,14H,4-8H2,1-3H3,(H,16,17). The molecule has 18 heavy (non-hydrogen) atoms. The molecule has 0 radical (unpaired) electrons. The highest BCUT2D eigenvalue weighted by atomic mass is 32.1. The lowest BCUT2D eigenvalue weighted by Crippen LogP contribution is -2.16. The number of unbranched alkanes of at least 4 members (excludes halogenated alkanes) is 3. The zero-order valence-corrected chi connectivity index (χ0v) is 12.1. The zero-order valence-electron chi connectivity index (χ0n) is 11.3. The first-order valence-electron chi connectivity index (χ1n) is 6.52. The minimum Gasteiger partial charge on any atom is -0.478 e. The minimum absolute atomic E-state index is 0.291. The molecule has 5 heteroatoms. The van der Waals surface area contributed by atoms with Crippen LogP contribution in [0.3, 0.4) is 0 Å². The molecule has 1 aromatic rings. The van der Waals surface area contributed by atoms with Gasteiger partial charge in [-0.2, -0.15) is 4.37 Å². The maximum absolute atomic E-state index is 11.1. The number of carboxylic acids is 1. The Labute approximate surface area is 113 Å². The Morgan fingerprint density at radius 3 is 2.78 bits per heavy atom. The second kappa shape index (κ2) is 7.36. The molecule has 0 aliphatic rings. The third-order valence-corrected chi connectivity index (χ3v) is 3.81. The highest BCUT2D eigenvalue weighted by Crippen LogP contribution is 2.25. The van der Waals surface area contributed by atoms with Crippen LogP contribution >= 0.6 is 11.5 Å². The molecule has 0 saturated heterocycles. The van der Waals surface area contributed by atoms with Crippen LogP contribution in [0, 0.1) is 6.92 Å². The van der Waals surface area contributed by atoms with E-state index in [0.717, 1.165) is 6.42 Å². The quantitative estimate of drug-likeness (QED) is 0.703. The van der Waals surface area contributed by atoms with Crippen LogP contribution < -0.4 is 5.32 Å². The molecule has 1 aromatic heterocycles. The number of hydrogen-bond acceptors (Lipinski definition) is 4. The average molecular weight is 270 g/mol.